The highest BCUT2D eigenvalue weighted by Gasteiger charge is 2.35. The Hall–Kier alpha value is -2.28. The quantitative estimate of drug-likeness (QED) is 0.551. The summed E-state index contributed by atoms with van der Waals surface area (Å²) in [7, 11) is 1.54. The van der Waals surface area contributed by atoms with Gasteiger partial charge in [-0.15, -0.1) is 0 Å². The molecule has 1 aromatic carbocycles. The van der Waals surface area contributed by atoms with E-state index in [1.54, 1.807) is 30.0 Å². The van der Waals surface area contributed by atoms with Crippen LogP contribution in [0.15, 0.2) is 18.2 Å². The number of nitrogens with zero attached hydrogens (tertiary/aromatic N) is 1. The molecule has 1 fully saturated rings. The Morgan fingerprint density at radius 3 is 2.63 bits per heavy atom. The summed E-state index contributed by atoms with van der Waals surface area (Å²) in [6.45, 7) is 8.23. The van der Waals surface area contributed by atoms with Crippen molar-refractivity contribution >= 4 is 12.1 Å². The molecular formula is C20H29NO6. The monoisotopic (exact) mass is 379 g/mol. The van der Waals surface area contributed by atoms with Crippen LogP contribution in [0.1, 0.15) is 62.5 Å². The van der Waals surface area contributed by atoms with Crippen LogP contribution in [0.3, 0.4) is 0 Å². The van der Waals surface area contributed by atoms with Gasteiger partial charge in [0.25, 0.3) is 0 Å². The Bertz CT molecular complexity index is 667. The molecule has 1 saturated heterocycles. The van der Waals surface area contributed by atoms with Crippen LogP contribution in [-0.2, 0) is 14.2 Å². The van der Waals surface area contributed by atoms with Crippen molar-refractivity contribution in [3.8, 4) is 5.75 Å². The number of esters is 1. The summed E-state index contributed by atoms with van der Waals surface area (Å²) in [5, 5.41) is 0. The van der Waals surface area contributed by atoms with Gasteiger partial charge in [-0.05, 0) is 58.7 Å². The maximum atomic E-state index is 12.6. The Morgan fingerprint density at radius 1 is 1.26 bits per heavy atom. The first-order valence-corrected chi connectivity index (χ1v) is 9.19. The smallest absolute Gasteiger partial charge is 0.410 e. The van der Waals surface area contributed by atoms with E-state index in [2.05, 4.69) is 0 Å². The number of likely N-dealkylation sites (tertiary alicyclic amines) is 1. The van der Waals surface area contributed by atoms with Crippen LogP contribution in [0.4, 0.5) is 4.79 Å². The van der Waals surface area contributed by atoms with Gasteiger partial charge in [-0.1, -0.05) is 0 Å². The lowest BCUT2D eigenvalue weighted by molar-refractivity contribution is 0.0215. The zero-order valence-corrected chi connectivity index (χ0v) is 16.7. The molecule has 0 spiro atoms. The molecule has 1 unspecified atom stereocenters. The number of benzene rings is 1. The summed E-state index contributed by atoms with van der Waals surface area (Å²) >= 11 is 0. The molecule has 1 aliphatic rings. The van der Waals surface area contributed by atoms with E-state index in [1.807, 2.05) is 20.8 Å². The van der Waals surface area contributed by atoms with Crippen molar-refractivity contribution in [3.05, 3.63) is 29.3 Å². The zero-order valence-electron chi connectivity index (χ0n) is 16.7. The van der Waals surface area contributed by atoms with Crippen LogP contribution >= 0.6 is 0 Å². The number of carbonyl (C=O) groups is 2. The van der Waals surface area contributed by atoms with Crippen molar-refractivity contribution in [1.29, 1.82) is 0 Å². The third-order valence-corrected chi connectivity index (χ3v) is 4.09. The van der Waals surface area contributed by atoms with Crippen molar-refractivity contribution in [3.63, 3.8) is 0 Å². The summed E-state index contributed by atoms with van der Waals surface area (Å²) in [6.07, 6.45) is 1.23. The summed E-state index contributed by atoms with van der Waals surface area (Å²) in [5.74, 6) is 0.171. The van der Waals surface area contributed by atoms with E-state index in [9.17, 15) is 9.59 Å². The molecule has 27 heavy (non-hydrogen) atoms. The molecule has 150 valence electrons. The van der Waals surface area contributed by atoms with Crippen LogP contribution in [0.2, 0.25) is 0 Å². The lowest BCUT2D eigenvalue weighted by Gasteiger charge is -2.29. The lowest BCUT2D eigenvalue weighted by Crippen LogP contribution is -2.36. The molecule has 1 aliphatic heterocycles. The van der Waals surface area contributed by atoms with Gasteiger partial charge in [0.15, 0.2) is 6.79 Å². The highest BCUT2D eigenvalue weighted by molar-refractivity contribution is 5.90. The molecule has 0 radical (unpaired) electrons. The molecule has 0 bridgehead atoms. The Morgan fingerprint density at radius 2 is 2.00 bits per heavy atom. The van der Waals surface area contributed by atoms with Gasteiger partial charge in [0.05, 0.1) is 18.2 Å². The molecule has 0 aliphatic carbocycles. The average molecular weight is 379 g/mol. The van der Waals surface area contributed by atoms with Crippen molar-refractivity contribution in [1.82, 2.24) is 4.90 Å². The fourth-order valence-corrected chi connectivity index (χ4v) is 3.03. The minimum Gasteiger partial charge on any atom is -0.467 e. The van der Waals surface area contributed by atoms with Gasteiger partial charge in [-0.2, -0.15) is 0 Å². The second kappa shape index (κ2) is 9.08. The van der Waals surface area contributed by atoms with Crippen LogP contribution < -0.4 is 4.74 Å². The molecule has 1 heterocycles. The van der Waals surface area contributed by atoms with Crippen molar-refractivity contribution < 1.29 is 28.5 Å². The van der Waals surface area contributed by atoms with Crippen LogP contribution in [0, 0.1) is 0 Å². The van der Waals surface area contributed by atoms with Gasteiger partial charge < -0.3 is 23.8 Å². The van der Waals surface area contributed by atoms with Crippen molar-refractivity contribution in [2.45, 2.75) is 52.2 Å². The largest absolute Gasteiger partial charge is 0.467 e. The van der Waals surface area contributed by atoms with Crippen molar-refractivity contribution in [2.24, 2.45) is 0 Å². The Kier molecular flexibility index (Phi) is 7.07. The molecule has 2 rings (SSSR count). The highest BCUT2D eigenvalue weighted by atomic mass is 16.7. The average Bonchev–Trinajstić information content (AvgIpc) is 3.08. The van der Waals surface area contributed by atoms with Crippen LogP contribution in [-0.4, -0.2) is 49.6 Å². The standard InChI is InChI=1S/C20H29NO6/c1-6-25-18(22)14-9-10-17(26-13-24-5)15(12-14)16-8-7-11-21(16)19(23)27-20(2,3)4/h9-10,12,16H,6-8,11,13H2,1-5H3. The molecule has 0 saturated carbocycles. The van der Waals surface area contributed by atoms with Gasteiger partial charge >= 0.3 is 12.1 Å². The summed E-state index contributed by atoms with van der Waals surface area (Å²) in [5.41, 5.74) is 0.598. The summed E-state index contributed by atoms with van der Waals surface area (Å²) < 4.78 is 21.3. The van der Waals surface area contributed by atoms with Crippen LogP contribution in [0.5, 0.6) is 5.75 Å². The number of ether oxygens (including phenoxy) is 4. The van der Waals surface area contributed by atoms with E-state index in [1.165, 1.54) is 7.11 Å². The van der Waals surface area contributed by atoms with E-state index in [0.29, 0.717) is 24.5 Å². The molecule has 0 N–H and O–H groups in total. The van der Waals surface area contributed by atoms with Gasteiger partial charge in [-0.3, -0.25) is 0 Å². The van der Waals surface area contributed by atoms with Gasteiger partial charge in [0.2, 0.25) is 0 Å². The van der Waals surface area contributed by atoms with E-state index in [4.69, 9.17) is 18.9 Å². The number of hydrogen-bond acceptors (Lipinski definition) is 6. The predicted molar refractivity (Wildman–Crippen MR) is 99.8 cm³/mol. The van der Waals surface area contributed by atoms with Crippen LogP contribution in [0.25, 0.3) is 0 Å². The second-order valence-electron chi connectivity index (χ2n) is 7.36. The van der Waals surface area contributed by atoms with E-state index in [0.717, 1.165) is 18.4 Å². The summed E-state index contributed by atoms with van der Waals surface area (Å²) in [6, 6.07) is 4.86. The SMILES string of the molecule is CCOC(=O)c1ccc(OCOC)c(C2CCCN2C(=O)OC(C)(C)C)c1. The third kappa shape index (κ3) is 5.60. The molecule has 7 nitrogen and oxygen atoms in total. The highest BCUT2D eigenvalue weighted by Crippen LogP contribution is 2.38. The normalized spacial score (nSPS) is 16.9. The Labute approximate surface area is 160 Å². The molecular weight excluding hydrogens is 350 g/mol. The fourth-order valence-electron chi connectivity index (χ4n) is 3.03. The minimum absolute atomic E-state index is 0.0743. The molecule has 7 heteroatoms. The second-order valence-corrected chi connectivity index (χ2v) is 7.36. The topological polar surface area (TPSA) is 74.3 Å². The lowest BCUT2D eigenvalue weighted by atomic mass is 10.0. The Balaban J connectivity index is 2.35. The molecule has 1 aromatic rings. The molecule has 0 aromatic heterocycles. The maximum Gasteiger partial charge on any atom is 0.410 e. The maximum absolute atomic E-state index is 12.6. The third-order valence-electron chi connectivity index (χ3n) is 4.09. The number of rotatable bonds is 6. The first kappa shape index (κ1) is 21.0. The zero-order chi connectivity index (χ0) is 20.0. The predicted octanol–water partition coefficient (Wildman–Crippen LogP) is 3.92. The molecule has 1 amide bonds. The first-order valence-electron chi connectivity index (χ1n) is 9.19. The van der Waals surface area contributed by atoms with E-state index < -0.39 is 11.6 Å². The van der Waals surface area contributed by atoms with Gasteiger partial charge in [-0.25, -0.2) is 9.59 Å². The van der Waals surface area contributed by atoms with E-state index >= 15 is 0 Å². The number of hydrogen-bond donors (Lipinski definition) is 0. The number of methoxy groups -OCH3 is 1. The number of amides is 1. The summed E-state index contributed by atoms with van der Waals surface area (Å²) in [4.78, 5) is 26.5. The van der Waals surface area contributed by atoms with Gasteiger partial charge in [0, 0.05) is 19.2 Å². The fraction of sp³-hybridized carbons (Fsp3) is 0.600. The molecule has 1 atom stereocenters. The first-order chi connectivity index (χ1) is 12.8. The number of carbonyl (C=O) groups excluding carboxylic acids is 2. The minimum atomic E-state index is -0.577. The van der Waals surface area contributed by atoms with Crippen molar-refractivity contribution in [2.75, 3.05) is 27.1 Å². The van der Waals surface area contributed by atoms with E-state index in [-0.39, 0.29) is 18.9 Å². The van der Waals surface area contributed by atoms with Gasteiger partial charge in [0.1, 0.15) is 11.4 Å².